The second-order valence-corrected chi connectivity index (χ2v) is 4.62. The van der Waals surface area contributed by atoms with Crippen molar-refractivity contribution in [2.45, 2.75) is 44.4 Å². The van der Waals surface area contributed by atoms with Gasteiger partial charge in [-0.1, -0.05) is 5.16 Å². The van der Waals surface area contributed by atoms with Gasteiger partial charge in [-0.05, 0) is 19.3 Å². The first-order chi connectivity index (χ1) is 8.44. The molecular weight excluding hydrogens is 244 g/mol. The lowest BCUT2D eigenvalue weighted by Crippen LogP contribution is -2.36. The Kier molecular flexibility index (Phi) is 5.30. The van der Waals surface area contributed by atoms with Crippen LogP contribution in [0.4, 0.5) is 8.78 Å². The first kappa shape index (κ1) is 14.7. The second kappa shape index (κ2) is 6.51. The van der Waals surface area contributed by atoms with Gasteiger partial charge >= 0.3 is 0 Å². The number of halogens is 2. The van der Waals surface area contributed by atoms with Crippen LogP contribution < -0.4 is 11.1 Å². The number of nitrogens with one attached hydrogen (secondary N) is 1. The highest BCUT2D eigenvalue weighted by Crippen LogP contribution is 2.36. The Hall–Kier alpha value is -1.40. The summed E-state index contributed by atoms with van der Waals surface area (Å²) in [5.41, 5.74) is 5.27. The van der Waals surface area contributed by atoms with Gasteiger partial charge in [-0.25, -0.2) is 8.78 Å². The van der Waals surface area contributed by atoms with Crippen molar-refractivity contribution in [1.29, 1.82) is 0 Å². The molecule has 0 aromatic carbocycles. The van der Waals surface area contributed by atoms with Gasteiger partial charge in [0.25, 0.3) is 0 Å². The molecule has 0 aliphatic heterocycles. The number of carbonyl (C=O) groups excluding carboxylic acids is 1. The molecule has 1 amide bonds. The van der Waals surface area contributed by atoms with E-state index in [1.165, 1.54) is 0 Å². The van der Waals surface area contributed by atoms with Crippen molar-refractivity contribution in [3.8, 4) is 0 Å². The van der Waals surface area contributed by atoms with Gasteiger partial charge in [-0.15, -0.1) is 0 Å². The summed E-state index contributed by atoms with van der Waals surface area (Å²) < 4.78 is 25.8. The van der Waals surface area contributed by atoms with Crippen LogP contribution in [0.1, 0.15) is 38.5 Å². The first-order valence-electron chi connectivity index (χ1n) is 6.06. The van der Waals surface area contributed by atoms with Gasteiger partial charge in [-0.3, -0.25) is 4.79 Å². The average molecular weight is 263 g/mol. The fourth-order valence-corrected chi connectivity index (χ4v) is 1.98. The lowest BCUT2D eigenvalue weighted by Gasteiger charge is -2.27. The SMILES string of the molecule is NC(CCCNC(=O)C1CCC(F)(F)CC1)=NO. The van der Waals surface area contributed by atoms with Crippen molar-refractivity contribution >= 4 is 11.7 Å². The van der Waals surface area contributed by atoms with E-state index < -0.39 is 5.92 Å². The van der Waals surface area contributed by atoms with Crippen LogP contribution in [0.15, 0.2) is 5.16 Å². The third-order valence-electron chi connectivity index (χ3n) is 3.13. The van der Waals surface area contributed by atoms with Crippen molar-refractivity contribution in [2.24, 2.45) is 16.8 Å². The van der Waals surface area contributed by atoms with Crippen LogP contribution in [0.2, 0.25) is 0 Å². The van der Waals surface area contributed by atoms with E-state index in [1.807, 2.05) is 0 Å². The van der Waals surface area contributed by atoms with Crippen LogP contribution in [-0.2, 0) is 4.79 Å². The zero-order valence-corrected chi connectivity index (χ0v) is 10.2. The van der Waals surface area contributed by atoms with Crippen LogP contribution in [0.25, 0.3) is 0 Å². The first-order valence-corrected chi connectivity index (χ1v) is 6.06. The van der Waals surface area contributed by atoms with E-state index in [0.717, 1.165) is 0 Å². The van der Waals surface area contributed by atoms with Crippen molar-refractivity contribution in [3.63, 3.8) is 0 Å². The van der Waals surface area contributed by atoms with Gasteiger partial charge in [0.1, 0.15) is 5.84 Å². The van der Waals surface area contributed by atoms with E-state index in [0.29, 0.717) is 19.4 Å². The molecular formula is C11H19F2N3O2. The number of nitrogens with zero attached hydrogens (tertiary/aromatic N) is 1. The molecule has 1 saturated carbocycles. The maximum Gasteiger partial charge on any atom is 0.248 e. The predicted molar refractivity (Wildman–Crippen MR) is 62.6 cm³/mol. The van der Waals surface area contributed by atoms with E-state index in [2.05, 4.69) is 10.5 Å². The molecule has 0 heterocycles. The van der Waals surface area contributed by atoms with E-state index >= 15 is 0 Å². The molecule has 0 spiro atoms. The highest BCUT2D eigenvalue weighted by molar-refractivity contribution is 5.80. The molecule has 0 atom stereocenters. The molecule has 0 aromatic heterocycles. The topological polar surface area (TPSA) is 87.7 Å². The minimum absolute atomic E-state index is 0.113. The fourth-order valence-electron chi connectivity index (χ4n) is 1.98. The summed E-state index contributed by atoms with van der Waals surface area (Å²) in [6.45, 7) is 0.405. The van der Waals surface area contributed by atoms with Gasteiger partial charge in [0.05, 0.1) is 0 Å². The lowest BCUT2D eigenvalue weighted by atomic mass is 9.86. The molecule has 1 rings (SSSR count). The summed E-state index contributed by atoms with van der Waals surface area (Å²) in [4.78, 5) is 11.7. The Morgan fingerprint density at radius 3 is 2.61 bits per heavy atom. The molecule has 5 nitrogen and oxygen atoms in total. The average Bonchev–Trinajstić information content (AvgIpc) is 2.33. The molecule has 4 N–H and O–H groups in total. The number of nitrogens with two attached hydrogens (primary N) is 1. The Morgan fingerprint density at radius 1 is 1.44 bits per heavy atom. The summed E-state index contributed by atoms with van der Waals surface area (Å²) in [5.74, 6) is -2.98. The zero-order chi connectivity index (χ0) is 13.6. The molecule has 1 aliphatic carbocycles. The van der Waals surface area contributed by atoms with Crippen LogP contribution in [0.5, 0.6) is 0 Å². The Balaban J connectivity index is 2.18. The Morgan fingerprint density at radius 2 is 2.06 bits per heavy atom. The van der Waals surface area contributed by atoms with Gasteiger partial charge in [0.15, 0.2) is 0 Å². The van der Waals surface area contributed by atoms with E-state index in [4.69, 9.17) is 10.9 Å². The predicted octanol–water partition coefficient (Wildman–Crippen LogP) is 1.45. The van der Waals surface area contributed by atoms with Crippen molar-refractivity contribution in [1.82, 2.24) is 5.32 Å². The van der Waals surface area contributed by atoms with E-state index in [9.17, 15) is 13.6 Å². The molecule has 104 valence electrons. The fraction of sp³-hybridized carbons (Fsp3) is 0.818. The molecule has 0 saturated heterocycles. The van der Waals surface area contributed by atoms with Crippen LogP contribution >= 0.6 is 0 Å². The Labute approximate surface area is 104 Å². The minimum Gasteiger partial charge on any atom is -0.409 e. The van der Waals surface area contributed by atoms with E-state index in [-0.39, 0.29) is 43.3 Å². The van der Waals surface area contributed by atoms with Crippen LogP contribution in [-0.4, -0.2) is 29.4 Å². The molecule has 0 bridgehead atoms. The van der Waals surface area contributed by atoms with Crippen LogP contribution in [0, 0.1) is 5.92 Å². The number of amides is 1. The number of hydrogen-bond acceptors (Lipinski definition) is 3. The summed E-state index contributed by atoms with van der Waals surface area (Å²) in [5, 5.41) is 13.8. The number of carbonyl (C=O) groups is 1. The summed E-state index contributed by atoms with van der Waals surface area (Å²) >= 11 is 0. The molecule has 0 unspecified atom stereocenters. The summed E-state index contributed by atoms with van der Waals surface area (Å²) in [7, 11) is 0. The Bertz CT molecular complexity index is 311. The zero-order valence-electron chi connectivity index (χ0n) is 10.2. The number of amidine groups is 1. The normalized spacial score (nSPS) is 20.7. The third-order valence-corrected chi connectivity index (χ3v) is 3.13. The quantitative estimate of drug-likeness (QED) is 0.231. The van der Waals surface area contributed by atoms with Gasteiger partial charge < -0.3 is 16.3 Å². The van der Waals surface area contributed by atoms with Crippen molar-refractivity contribution in [3.05, 3.63) is 0 Å². The summed E-state index contributed by atoms with van der Waals surface area (Å²) in [6, 6.07) is 0. The molecule has 1 fully saturated rings. The molecule has 0 radical (unpaired) electrons. The largest absolute Gasteiger partial charge is 0.409 e. The lowest BCUT2D eigenvalue weighted by molar-refractivity contribution is -0.129. The van der Waals surface area contributed by atoms with Gasteiger partial charge in [0, 0.05) is 31.7 Å². The van der Waals surface area contributed by atoms with Gasteiger partial charge in [0.2, 0.25) is 11.8 Å². The number of oxime groups is 1. The number of alkyl halides is 2. The van der Waals surface area contributed by atoms with Gasteiger partial charge in [-0.2, -0.15) is 0 Å². The molecule has 0 aromatic rings. The number of rotatable bonds is 5. The molecule has 1 aliphatic rings. The monoisotopic (exact) mass is 263 g/mol. The highest BCUT2D eigenvalue weighted by atomic mass is 19.3. The molecule has 7 heteroatoms. The highest BCUT2D eigenvalue weighted by Gasteiger charge is 2.37. The van der Waals surface area contributed by atoms with Crippen molar-refractivity contribution in [2.75, 3.05) is 6.54 Å². The second-order valence-electron chi connectivity index (χ2n) is 4.62. The standard InChI is InChI=1S/C11H19F2N3O2/c12-11(13)5-3-8(4-6-11)10(17)15-7-1-2-9(14)16-18/h8,18H,1-7H2,(H2,14,16)(H,15,17). The molecule has 18 heavy (non-hydrogen) atoms. The van der Waals surface area contributed by atoms with E-state index in [1.54, 1.807) is 0 Å². The maximum absolute atomic E-state index is 12.9. The van der Waals surface area contributed by atoms with Crippen LogP contribution in [0.3, 0.4) is 0 Å². The maximum atomic E-state index is 12.9. The minimum atomic E-state index is -2.61. The number of hydrogen-bond donors (Lipinski definition) is 3. The third kappa shape index (κ3) is 4.85. The van der Waals surface area contributed by atoms with Crippen molar-refractivity contribution < 1.29 is 18.8 Å². The summed E-state index contributed by atoms with van der Waals surface area (Å²) in [6.07, 6.45) is 0.993. The smallest absolute Gasteiger partial charge is 0.248 e.